The van der Waals surface area contributed by atoms with Gasteiger partial charge < -0.3 is 10.5 Å². The lowest BCUT2D eigenvalue weighted by Gasteiger charge is -2.28. The van der Waals surface area contributed by atoms with Crippen LogP contribution in [0.25, 0.3) is 0 Å². The highest BCUT2D eigenvalue weighted by Gasteiger charge is 2.45. The van der Waals surface area contributed by atoms with Gasteiger partial charge in [-0.3, -0.25) is 4.79 Å². The summed E-state index contributed by atoms with van der Waals surface area (Å²) in [6, 6.07) is -2.17. The minimum Gasteiger partial charge on any atom is -0.460 e. The molecule has 0 saturated heterocycles. The first-order valence-electron chi connectivity index (χ1n) is 8.04. The number of halogens is 3. The number of hydrogen-bond acceptors (Lipinski definition) is 3. The van der Waals surface area contributed by atoms with E-state index in [2.05, 4.69) is 6.92 Å². The number of esters is 1. The summed E-state index contributed by atoms with van der Waals surface area (Å²) >= 11 is 0. The van der Waals surface area contributed by atoms with Crippen molar-refractivity contribution in [2.45, 2.75) is 90.5 Å². The predicted molar refractivity (Wildman–Crippen MR) is 81.4 cm³/mol. The molecule has 2 N–H and O–H groups in total. The molecule has 0 heterocycles. The number of rotatable bonds is 9. The molecule has 132 valence electrons. The quantitative estimate of drug-likeness (QED) is 0.498. The minimum atomic E-state index is -4.59. The van der Waals surface area contributed by atoms with Crippen LogP contribution in [0.3, 0.4) is 0 Å². The highest BCUT2D eigenvalue weighted by Crippen LogP contribution is 2.29. The Hall–Kier alpha value is -0.780. The normalized spacial score (nSPS) is 15.5. The summed E-state index contributed by atoms with van der Waals surface area (Å²) < 4.78 is 43.6. The molecule has 0 amide bonds. The van der Waals surface area contributed by atoms with Crippen molar-refractivity contribution in [3.63, 3.8) is 0 Å². The van der Waals surface area contributed by atoms with Crippen molar-refractivity contribution >= 4 is 5.97 Å². The van der Waals surface area contributed by atoms with Crippen LogP contribution >= 0.6 is 0 Å². The lowest BCUT2D eigenvalue weighted by atomic mass is 9.92. The van der Waals surface area contributed by atoms with Crippen LogP contribution in [0.15, 0.2) is 0 Å². The fraction of sp³-hybridized carbons (Fsp3) is 0.938. The molecule has 0 aliphatic rings. The number of hydrogen-bond donors (Lipinski definition) is 1. The van der Waals surface area contributed by atoms with Crippen molar-refractivity contribution in [2.75, 3.05) is 0 Å². The Balaban J connectivity index is 4.57. The van der Waals surface area contributed by atoms with E-state index < -0.39 is 29.7 Å². The smallest absolute Gasteiger partial charge is 0.404 e. The first-order valence-corrected chi connectivity index (χ1v) is 8.04. The molecule has 3 nitrogen and oxygen atoms in total. The standard InChI is InChI=1S/C16H30F3NO2/c1-5-6-7-8-9-10-11-12(13(20)16(17,18)19)14(21)22-15(2,3)4/h12-13H,5-11,20H2,1-4H3/t12-,13-/m1/s1. The zero-order chi connectivity index (χ0) is 17.4. The number of ether oxygens (including phenoxy) is 1. The van der Waals surface area contributed by atoms with Gasteiger partial charge in [0.05, 0.1) is 5.92 Å². The Labute approximate surface area is 131 Å². The van der Waals surface area contributed by atoms with Crippen LogP contribution in [0.1, 0.15) is 72.6 Å². The molecule has 0 aromatic rings. The lowest BCUT2D eigenvalue weighted by molar-refractivity contribution is -0.183. The molecule has 0 radical (unpaired) electrons. The lowest BCUT2D eigenvalue weighted by Crippen LogP contribution is -2.48. The number of carbonyl (C=O) groups excluding carboxylic acids is 1. The fourth-order valence-electron chi connectivity index (χ4n) is 2.19. The summed E-state index contributed by atoms with van der Waals surface area (Å²) in [6.07, 6.45) is 1.15. The summed E-state index contributed by atoms with van der Waals surface area (Å²) in [6.45, 7) is 6.99. The van der Waals surface area contributed by atoms with Gasteiger partial charge in [0.15, 0.2) is 0 Å². The zero-order valence-electron chi connectivity index (χ0n) is 14.1. The third-order valence-electron chi connectivity index (χ3n) is 3.39. The summed E-state index contributed by atoms with van der Waals surface area (Å²) in [4.78, 5) is 12.0. The monoisotopic (exact) mass is 325 g/mol. The van der Waals surface area contributed by atoms with Gasteiger partial charge in [-0.2, -0.15) is 13.2 Å². The second-order valence-electron chi connectivity index (χ2n) is 6.76. The van der Waals surface area contributed by atoms with Gasteiger partial charge >= 0.3 is 12.1 Å². The summed E-state index contributed by atoms with van der Waals surface area (Å²) in [5.41, 5.74) is 4.43. The summed E-state index contributed by atoms with van der Waals surface area (Å²) in [5, 5.41) is 0. The minimum absolute atomic E-state index is 0.113. The van der Waals surface area contributed by atoms with Crippen molar-refractivity contribution in [2.24, 2.45) is 11.7 Å². The second kappa shape index (κ2) is 9.38. The summed E-state index contributed by atoms with van der Waals surface area (Å²) in [7, 11) is 0. The van der Waals surface area contributed by atoms with Gasteiger partial charge in [-0.1, -0.05) is 45.4 Å². The van der Waals surface area contributed by atoms with Crippen molar-refractivity contribution in [1.29, 1.82) is 0 Å². The van der Waals surface area contributed by atoms with Crippen molar-refractivity contribution in [1.82, 2.24) is 0 Å². The van der Waals surface area contributed by atoms with E-state index in [0.29, 0.717) is 6.42 Å². The van der Waals surface area contributed by atoms with E-state index in [1.54, 1.807) is 20.8 Å². The molecule has 0 unspecified atom stereocenters. The van der Waals surface area contributed by atoms with E-state index in [1.165, 1.54) is 0 Å². The van der Waals surface area contributed by atoms with E-state index in [-0.39, 0.29) is 6.42 Å². The highest BCUT2D eigenvalue weighted by atomic mass is 19.4. The second-order valence-corrected chi connectivity index (χ2v) is 6.76. The van der Waals surface area contributed by atoms with E-state index in [0.717, 1.165) is 32.1 Å². The van der Waals surface area contributed by atoms with Crippen molar-refractivity contribution in [3.05, 3.63) is 0 Å². The third kappa shape index (κ3) is 9.28. The molecule has 0 bridgehead atoms. The van der Waals surface area contributed by atoms with Crippen LogP contribution < -0.4 is 5.73 Å². The van der Waals surface area contributed by atoms with Crippen molar-refractivity contribution < 1.29 is 22.7 Å². The van der Waals surface area contributed by atoms with Crippen LogP contribution in [0, 0.1) is 5.92 Å². The van der Waals surface area contributed by atoms with Crippen LogP contribution in [0.5, 0.6) is 0 Å². The molecule has 22 heavy (non-hydrogen) atoms. The molecular weight excluding hydrogens is 295 g/mol. The molecule has 6 heteroatoms. The topological polar surface area (TPSA) is 52.3 Å². The number of alkyl halides is 3. The van der Waals surface area contributed by atoms with Gasteiger partial charge in [0.1, 0.15) is 11.6 Å². The van der Waals surface area contributed by atoms with Crippen LogP contribution in [0.4, 0.5) is 13.2 Å². The average Bonchev–Trinajstić information content (AvgIpc) is 2.34. The molecule has 0 aromatic heterocycles. The van der Waals surface area contributed by atoms with Gasteiger partial charge in [0, 0.05) is 0 Å². The van der Waals surface area contributed by atoms with Gasteiger partial charge in [0.2, 0.25) is 0 Å². The van der Waals surface area contributed by atoms with Gasteiger partial charge in [-0.15, -0.1) is 0 Å². The molecule has 0 aromatic carbocycles. The Morgan fingerprint density at radius 1 is 1.05 bits per heavy atom. The first-order chi connectivity index (χ1) is 9.99. The molecule has 0 fully saturated rings. The van der Waals surface area contributed by atoms with E-state index >= 15 is 0 Å². The molecule has 0 aliphatic heterocycles. The van der Waals surface area contributed by atoms with E-state index in [4.69, 9.17) is 10.5 Å². The number of unbranched alkanes of at least 4 members (excludes halogenated alkanes) is 5. The van der Waals surface area contributed by atoms with Gasteiger partial charge in [0.25, 0.3) is 0 Å². The SMILES string of the molecule is CCCCCCCC[C@@H](C(=O)OC(C)(C)C)[C@@H](N)C(F)(F)F. The van der Waals surface area contributed by atoms with E-state index in [9.17, 15) is 18.0 Å². The van der Waals surface area contributed by atoms with Crippen LogP contribution in [0.2, 0.25) is 0 Å². The van der Waals surface area contributed by atoms with Crippen molar-refractivity contribution in [3.8, 4) is 0 Å². The average molecular weight is 325 g/mol. The number of carbonyl (C=O) groups is 1. The van der Waals surface area contributed by atoms with Gasteiger partial charge in [-0.25, -0.2) is 0 Å². The fourth-order valence-corrected chi connectivity index (χ4v) is 2.19. The third-order valence-corrected chi connectivity index (χ3v) is 3.39. The highest BCUT2D eigenvalue weighted by molar-refractivity contribution is 5.73. The maximum Gasteiger partial charge on any atom is 0.404 e. The summed E-state index contributed by atoms with van der Waals surface area (Å²) in [5.74, 6) is -2.18. The molecule has 2 atom stereocenters. The Bertz CT molecular complexity index is 324. The Morgan fingerprint density at radius 3 is 2.00 bits per heavy atom. The van der Waals surface area contributed by atoms with Crippen LogP contribution in [-0.4, -0.2) is 23.8 Å². The zero-order valence-corrected chi connectivity index (χ0v) is 14.1. The molecule has 0 aliphatic carbocycles. The molecule has 0 saturated carbocycles. The number of nitrogens with two attached hydrogens (primary N) is 1. The van der Waals surface area contributed by atoms with Gasteiger partial charge in [-0.05, 0) is 27.2 Å². The molecular formula is C16H30F3NO2. The predicted octanol–water partition coefficient (Wildman–Crippen LogP) is 4.58. The maximum atomic E-state index is 12.8. The van der Waals surface area contributed by atoms with E-state index in [1.807, 2.05) is 0 Å². The largest absolute Gasteiger partial charge is 0.460 e. The Morgan fingerprint density at radius 2 is 1.55 bits per heavy atom. The van der Waals surface area contributed by atoms with Crippen LogP contribution in [-0.2, 0) is 9.53 Å². The molecule has 0 spiro atoms. The maximum absolute atomic E-state index is 12.8. The molecule has 0 rings (SSSR count). The Kier molecular flexibility index (Phi) is 9.05. The first kappa shape index (κ1) is 21.2.